The molecule has 0 aliphatic heterocycles. The molecule has 0 radical (unpaired) electrons. The third-order valence-corrected chi connectivity index (χ3v) is 4.89. The summed E-state index contributed by atoms with van der Waals surface area (Å²) in [6, 6.07) is 7.74. The van der Waals surface area contributed by atoms with Gasteiger partial charge in [-0.15, -0.1) is 0 Å². The first-order chi connectivity index (χ1) is 10.8. The number of nitrogens with zero attached hydrogens (tertiary/aromatic N) is 1. The molecule has 1 rings (SSSR count). The molecular weight excluding hydrogens is 312 g/mol. The molecule has 0 atom stereocenters. The molecule has 0 aromatic heterocycles. The number of hydrogen-bond acceptors (Lipinski definition) is 3. The van der Waals surface area contributed by atoms with E-state index in [1.807, 2.05) is 31.2 Å². The third kappa shape index (κ3) is 8.13. The molecule has 0 unspecified atom stereocenters. The Labute approximate surface area is 140 Å². The molecule has 1 aromatic rings. The Morgan fingerprint density at radius 1 is 1.17 bits per heavy atom. The molecule has 1 N–H and O–H groups in total. The van der Waals surface area contributed by atoms with Gasteiger partial charge < -0.3 is 5.32 Å². The van der Waals surface area contributed by atoms with E-state index in [4.69, 9.17) is 0 Å². The summed E-state index contributed by atoms with van der Waals surface area (Å²) in [7, 11) is -3.34. The van der Waals surface area contributed by atoms with E-state index in [0.717, 1.165) is 30.4 Å². The van der Waals surface area contributed by atoms with Crippen LogP contribution in [0.25, 0.3) is 0 Å². The number of aryl methyl sites for hydroxylation is 1. The minimum absolute atomic E-state index is 0.0985. The average molecular weight is 340 g/mol. The Kier molecular flexibility index (Phi) is 8.26. The summed E-state index contributed by atoms with van der Waals surface area (Å²) in [5.74, 6) is -0.0985. The van der Waals surface area contributed by atoms with Crippen molar-refractivity contribution in [2.24, 2.45) is 0 Å². The maximum absolute atomic E-state index is 11.9. The van der Waals surface area contributed by atoms with Crippen LogP contribution in [0.2, 0.25) is 0 Å². The van der Waals surface area contributed by atoms with E-state index < -0.39 is 10.0 Å². The molecule has 1 amide bonds. The SMILES string of the molecule is CCCCCNC(=O)CCN(Cc1ccc(C)cc1)S(C)(=O)=O. The number of nitrogens with one attached hydrogen (secondary N) is 1. The normalized spacial score (nSPS) is 11.7. The van der Waals surface area contributed by atoms with Crippen LogP contribution in [0.4, 0.5) is 0 Å². The molecule has 0 saturated carbocycles. The number of benzene rings is 1. The van der Waals surface area contributed by atoms with E-state index in [2.05, 4.69) is 12.2 Å². The summed E-state index contributed by atoms with van der Waals surface area (Å²) in [5.41, 5.74) is 2.05. The highest BCUT2D eigenvalue weighted by Crippen LogP contribution is 2.10. The van der Waals surface area contributed by atoms with Crippen LogP contribution in [0.5, 0.6) is 0 Å². The van der Waals surface area contributed by atoms with Gasteiger partial charge in [-0.1, -0.05) is 49.6 Å². The number of carbonyl (C=O) groups excluding carboxylic acids is 1. The molecular formula is C17H28N2O3S. The predicted molar refractivity (Wildman–Crippen MR) is 93.6 cm³/mol. The Bertz CT molecular complexity index is 582. The van der Waals surface area contributed by atoms with E-state index in [1.54, 1.807) is 0 Å². The van der Waals surface area contributed by atoms with Crippen LogP contribution < -0.4 is 5.32 Å². The van der Waals surface area contributed by atoms with Crippen LogP contribution in [0.3, 0.4) is 0 Å². The van der Waals surface area contributed by atoms with E-state index in [9.17, 15) is 13.2 Å². The number of carbonyl (C=O) groups is 1. The monoisotopic (exact) mass is 340 g/mol. The lowest BCUT2D eigenvalue weighted by molar-refractivity contribution is -0.121. The second-order valence-corrected chi connectivity index (χ2v) is 7.87. The standard InChI is InChI=1S/C17H28N2O3S/c1-4-5-6-12-18-17(20)11-13-19(23(3,21)22)14-16-9-7-15(2)8-10-16/h7-10H,4-6,11-14H2,1-3H3,(H,18,20). The lowest BCUT2D eigenvalue weighted by Crippen LogP contribution is -2.34. The van der Waals surface area contributed by atoms with E-state index in [-0.39, 0.29) is 18.9 Å². The summed E-state index contributed by atoms with van der Waals surface area (Å²) >= 11 is 0. The van der Waals surface area contributed by atoms with Crippen LogP contribution in [0.1, 0.15) is 43.7 Å². The first kappa shape index (κ1) is 19.6. The number of sulfonamides is 1. The van der Waals surface area contributed by atoms with E-state index in [0.29, 0.717) is 13.1 Å². The smallest absolute Gasteiger partial charge is 0.221 e. The van der Waals surface area contributed by atoms with Crippen molar-refractivity contribution < 1.29 is 13.2 Å². The molecule has 0 aliphatic carbocycles. The summed E-state index contributed by atoms with van der Waals surface area (Å²) in [5, 5.41) is 2.84. The summed E-state index contributed by atoms with van der Waals surface area (Å²) in [6.07, 6.45) is 4.52. The minimum atomic E-state index is -3.34. The highest BCUT2D eigenvalue weighted by Gasteiger charge is 2.18. The van der Waals surface area contributed by atoms with Crippen LogP contribution in [0, 0.1) is 6.92 Å². The van der Waals surface area contributed by atoms with Gasteiger partial charge in [0.15, 0.2) is 0 Å². The van der Waals surface area contributed by atoms with E-state index in [1.165, 1.54) is 10.6 Å². The maximum atomic E-state index is 11.9. The van der Waals surface area contributed by atoms with E-state index >= 15 is 0 Å². The molecule has 0 spiro atoms. The second kappa shape index (κ2) is 9.67. The number of amides is 1. The predicted octanol–water partition coefficient (Wildman–Crippen LogP) is 2.45. The molecule has 1 aromatic carbocycles. The van der Waals surface area contributed by atoms with Gasteiger partial charge in [0.25, 0.3) is 0 Å². The largest absolute Gasteiger partial charge is 0.356 e. The van der Waals surface area contributed by atoms with Crippen molar-refractivity contribution in [2.75, 3.05) is 19.3 Å². The van der Waals surface area contributed by atoms with Gasteiger partial charge in [-0.2, -0.15) is 4.31 Å². The van der Waals surface area contributed by atoms with Gasteiger partial charge in [-0.3, -0.25) is 4.79 Å². The summed E-state index contributed by atoms with van der Waals surface area (Å²) < 4.78 is 25.2. The number of rotatable bonds is 10. The average Bonchev–Trinajstić information content (AvgIpc) is 2.48. The zero-order chi connectivity index (χ0) is 17.3. The lowest BCUT2D eigenvalue weighted by atomic mass is 10.1. The number of unbranched alkanes of at least 4 members (excludes halogenated alkanes) is 2. The fraction of sp³-hybridized carbons (Fsp3) is 0.588. The zero-order valence-corrected chi connectivity index (χ0v) is 15.2. The van der Waals surface area contributed by atoms with Crippen molar-refractivity contribution in [3.63, 3.8) is 0 Å². The van der Waals surface area contributed by atoms with Crippen LogP contribution in [-0.2, 0) is 21.4 Å². The first-order valence-corrected chi connectivity index (χ1v) is 9.95. The zero-order valence-electron chi connectivity index (χ0n) is 14.3. The van der Waals surface area contributed by atoms with Gasteiger partial charge in [0.2, 0.25) is 15.9 Å². The van der Waals surface area contributed by atoms with Crippen molar-refractivity contribution in [3.8, 4) is 0 Å². The Balaban J connectivity index is 2.52. The Hall–Kier alpha value is -1.40. The molecule has 0 aliphatic rings. The fourth-order valence-electron chi connectivity index (χ4n) is 2.18. The summed E-state index contributed by atoms with van der Waals surface area (Å²) in [4.78, 5) is 11.8. The minimum Gasteiger partial charge on any atom is -0.356 e. The molecule has 6 heteroatoms. The van der Waals surface area contributed by atoms with Gasteiger partial charge in [0, 0.05) is 26.1 Å². The highest BCUT2D eigenvalue weighted by atomic mass is 32.2. The molecule has 0 heterocycles. The van der Waals surface area contributed by atoms with Gasteiger partial charge in [0.1, 0.15) is 0 Å². The van der Waals surface area contributed by atoms with Crippen LogP contribution in [-0.4, -0.2) is 38.0 Å². The molecule has 23 heavy (non-hydrogen) atoms. The lowest BCUT2D eigenvalue weighted by Gasteiger charge is -2.20. The van der Waals surface area contributed by atoms with Crippen molar-refractivity contribution >= 4 is 15.9 Å². The second-order valence-electron chi connectivity index (χ2n) is 5.89. The molecule has 0 bridgehead atoms. The van der Waals surface area contributed by atoms with Crippen molar-refractivity contribution in [2.45, 2.75) is 46.1 Å². The quantitative estimate of drug-likeness (QED) is 0.665. The molecule has 5 nitrogen and oxygen atoms in total. The first-order valence-electron chi connectivity index (χ1n) is 8.10. The third-order valence-electron chi connectivity index (χ3n) is 3.64. The molecule has 0 saturated heterocycles. The topological polar surface area (TPSA) is 66.5 Å². The van der Waals surface area contributed by atoms with Crippen molar-refractivity contribution in [1.29, 1.82) is 0 Å². The maximum Gasteiger partial charge on any atom is 0.221 e. The van der Waals surface area contributed by atoms with Crippen molar-refractivity contribution in [3.05, 3.63) is 35.4 Å². The fourth-order valence-corrected chi connectivity index (χ4v) is 2.98. The van der Waals surface area contributed by atoms with Crippen LogP contribution in [0.15, 0.2) is 24.3 Å². The van der Waals surface area contributed by atoms with Gasteiger partial charge >= 0.3 is 0 Å². The molecule has 130 valence electrons. The highest BCUT2D eigenvalue weighted by molar-refractivity contribution is 7.88. The summed E-state index contributed by atoms with van der Waals surface area (Å²) in [6.45, 7) is 5.25. The number of hydrogen-bond donors (Lipinski definition) is 1. The Morgan fingerprint density at radius 2 is 1.83 bits per heavy atom. The molecule has 0 fully saturated rings. The van der Waals surface area contributed by atoms with Gasteiger partial charge in [-0.05, 0) is 18.9 Å². The van der Waals surface area contributed by atoms with Crippen LogP contribution >= 0.6 is 0 Å². The Morgan fingerprint density at radius 3 is 2.39 bits per heavy atom. The van der Waals surface area contributed by atoms with Crippen molar-refractivity contribution in [1.82, 2.24) is 9.62 Å². The van der Waals surface area contributed by atoms with Gasteiger partial charge in [0.05, 0.1) is 6.26 Å². The van der Waals surface area contributed by atoms with Gasteiger partial charge in [-0.25, -0.2) is 8.42 Å².